The predicted octanol–water partition coefficient (Wildman–Crippen LogP) is 3.08. The number of amides is 1. The molecule has 0 aliphatic carbocycles. The lowest BCUT2D eigenvalue weighted by Gasteiger charge is -2.35. The van der Waals surface area contributed by atoms with Crippen molar-refractivity contribution in [2.45, 2.75) is 13.8 Å². The molecule has 5 rings (SSSR count). The second kappa shape index (κ2) is 9.38. The lowest BCUT2D eigenvalue weighted by Crippen LogP contribution is -2.44. The summed E-state index contributed by atoms with van der Waals surface area (Å²) in [4.78, 5) is 31.9. The van der Waals surface area contributed by atoms with Crippen LogP contribution in [0.1, 0.15) is 11.1 Å². The summed E-state index contributed by atoms with van der Waals surface area (Å²) in [6.07, 6.45) is 1.76. The van der Waals surface area contributed by atoms with Gasteiger partial charge in [-0.2, -0.15) is 4.98 Å². The molecule has 3 aromatic rings. The van der Waals surface area contributed by atoms with Crippen LogP contribution >= 0.6 is 0 Å². The lowest BCUT2D eigenvalue weighted by atomic mass is 10.1. The van der Waals surface area contributed by atoms with Crippen molar-refractivity contribution < 1.29 is 9.53 Å². The molecule has 1 saturated heterocycles. The highest BCUT2D eigenvalue weighted by molar-refractivity contribution is 5.96. The fourth-order valence-electron chi connectivity index (χ4n) is 4.23. The van der Waals surface area contributed by atoms with Crippen molar-refractivity contribution in [3.05, 3.63) is 47.7 Å². The predicted molar refractivity (Wildman–Crippen MR) is 137 cm³/mol. The highest BCUT2D eigenvalue weighted by Crippen LogP contribution is 2.32. The summed E-state index contributed by atoms with van der Waals surface area (Å²) < 4.78 is 5.46. The van der Waals surface area contributed by atoms with E-state index in [1.54, 1.807) is 25.4 Å². The molecular formula is C25H30N8O2. The second-order valence-electron chi connectivity index (χ2n) is 9.03. The number of ether oxygens (including phenoxy) is 1. The average Bonchev–Trinajstić information content (AvgIpc) is 2.85. The van der Waals surface area contributed by atoms with E-state index < -0.39 is 0 Å². The van der Waals surface area contributed by atoms with Gasteiger partial charge in [-0.25, -0.2) is 9.97 Å². The topological polar surface area (TPSA) is 98.8 Å². The van der Waals surface area contributed by atoms with E-state index in [4.69, 9.17) is 4.74 Å². The number of hydrogen-bond acceptors (Lipinski definition) is 9. The Kier molecular flexibility index (Phi) is 6.12. The fourth-order valence-corrected chi connectivity index (χ4v) is 4.23. The first-order valence-corrected chi connectivity index (χ1v) is 11.7. The van der Waals surface area contributed by atoms with Crippen LogP contribution in [-0.2, 0) is 4.79 Å². The number of benzene rings is 1. The zero-order valence-corrected chi connectivity index (χ0v) is 20.5. The SMILES string of the molecule is Cc1cc(Nc2ncc(C)c(Nc3ccc4c(n3)N(C)C(=O)CO4)n2)ccc1N1CCN(C)CC1. The van der Waals surface area contributed by atoms with E-state index in [0.29, 0.717) is 29.2 Å². The Morgan fingerprint density at radius 2 is 1.74 bits per heavy atom. The molecule has 0 atom stereocenters. The van der Waals surface area contributed by atoms with E-state index in [1.807, 2.05) is 6.92 Å². The molecule has 0 saturated carbocycles. The van der Waals surface area contributed by atoms with Gasteiger partial charge in [0.15, 0.2) is 18.2 Å². The van der Waals surface area contributed by atoms with Crippen molar-refractivity contribution in [1.29, 1.82) is 0 Å². The first kappa shape index (κ1) is 22.9. The molecule has 1 aromatic carbocycles. The molecule has 4 heterocycles. The molecule has 0 radical (unpaired) electrons. The number of aryl methyl sites for hydroxylation is 2. The van der Waals surface area contributed by atoms with Crippen molar-refractivity contribution in [2.75, 3.05) is 67.3 Å². The van der Waals surface area contributed by atoms with Gasteiger partial charge in [-0.15, -0.1) is 0 Å². The molecule has 2 aliphatic heterocycles. The number of carbonyl (C=O) groups excluding carboxylic acids is 1. The van der Waals surface area contributed by atoms with Gasteiger partial charge in [0, 0.05) is 56.4 Å². The summed E-state index contributed by atoms with van der Waals surface area (Å²) in [5, 5.41) is 6.56. The number of nitrogens with zero attached hydrogens (tertiary/aromatic N) is 6. The number of piperazine rings is 1. The zero-order chi connectivity index (χ0) is 24.5. The minimum atomic E-state index is -0.138. The number of rotatable bonds is 5. The number of pyridine rings is 1. The molecule has 1 fully saturated rings. The molecule has 1 amide bonds. The molecular weight excluding hydrogens is 444 g/mol. The minimum Gasteiger partial charge on any atom is -0.480 e. The van der Waals surface area contributed by atoms with Gasteiger partial charge >= 0.3 is 0 Å². The maximum absolute atomic E-state index is 12.0. The Labute approximate surface area is 204 Å². The fraction of sp³-hybridized carbons (Fsp3) is 0.360. The van der Waals surface area contributed by atoms with Crippen molar-refractivity contribution in [1.82, 2.24) is 19.9 Å². The minimum absolute atomic E-state index is 0.0217. The van der Waals surface area contributed by atoms with E-state index in [-0.39, 0.29) is 12.5 Å². The van der Waals surface area contributed by atoms with E-state index in [1.165, 1.54) is 16.2 Å². The van der Waals surface area contributed by atoms with E-state index in [2.05, 4.69) is 67.6 Å². The van der Waals surface area contributed by atoms with Gasteiger partial charge in [-0.3, -0.25) is 9.69 Å². The average molecular weight is 475 g/mol. The van der Waals surface area contributed by atoms with Crippen LogP contribution in [0.2, 0.25) is 0 Å². The summed E-state index contributed by atoms with van der Waals surface area (Å²) in [6, 6.07) is 9.95. The van der Waals surface area contributed by atoms with E-state index >= 15 is 0 Å². The first-order valence-electron chi connectivity index (χ1n) is 11.7. The number of hydrogen-bond donors (Lipinski definition) is 2. The van der Waals surface area contributed by atoms with Crippen molar-refractivity contribution in [3.8, 4) is 5.75 Å². The Bertz CT molecular complexity index is 1260. The normalized spacial score (nSPS) is 16.1. The van der Waals surface area contributed by atoms with Crippen LogP contribution in [-0.4, -0.2) is 72.6 Å². The van der Waals surface area contributed by atoms with Crippen LogP contribution < -0.4 is 25.2 Å². The van der Waals surface area contributed by atoms with Gasteiger partial charge in [-0.05, 0) is 56.8 Å². The summed E-state index contributed by atoms with van der Waals surface area (Å²) in [5.74, 6) is 2.60. The summed E-state index contributed by atoms with van der Waals surface area (Å²) in [7, 11) is 3.85. The zero-order valence-electron chi connectivity index (χ0n) is 20.5. The third-order valence-electron chi connectivity index (χ3n) is 6.40. The molecule has 182 valence electrons. The molecule has 10 heteroatoms. The number of likely N-dealkylation sites (N-methyl/N-ethyl adjacent to an activating group) is 2. The standard InChI is InChI=1S/C25H30N8O2/c1-16-13-18(5-6-19(16)33-11-9-31(3)10-12-33)27-25-26-14-17(2)23(30-25)28-21-8-7-20-24(29-21)32(4)22(34)15-35-20/h5-8,13-14H,9-12,15H2,1-4H3,(H2,26,27,28,29,30). The first-order chi connectivity index (χ1) is 16.9. The smallest absolute Gasteiger partial charge is 0.265 e. The van der Waals surface area contributed by atoms with Gasteiger partial charge in [-0.1, -0.05) is 0 Å². The maximum atomic E-state index is 12.0. The van der Waals surface area contributed by atoms with Crippen LogP contribution in [0, 0.1) is 13.8 Å². The van der Waals surface area contributed by atoms with Gasteiger partial charge in [0.25, 0.3) is 5.91 Å². The Hall–Kier alpha value is -3.92. The van der Waals surface area contributed by atoms with Crippen LogP contribution in [0.3, 0.4) is 0 Å². The van der Waals surface area contributed by atoms with Crippen LogP contribution in [0.25, 0.3) is 0 Å². The maximum Gasteiger partial charge on any atom is 0.265 e. The quantitative estimate of drug-likeness (QED) is 0.578. The summed E-state index contributed by atoms with van der Waals surface area (Å²) in [6.45, 7) is 8.30. The molecule has 0 unspecified atom stereocenters. The molecule has 10 nitrogen and oxygen atoms in total. The molecule has 0 spiro atoms. The third-order valence-corrected chi connectivity index (χ3v) is 6.40. The Morgan fingerprint density at radius 1 is 0.943 bits per heavy atom. The van der Waals surface area contributed by atoms with Gasteiger partial charge in [0.1, 0.15) is 11.6 Å². The van der Waals surface area contributed by atoms with Gasteiger partial charge in [0.05, 0.1) is 0 Å². The number of nitrogens with one attached hydrogen (secondary N) is 2. The molecule has 2 N–H and O–H groups in total. The third kappa shape index (κ3) is 4.83. The number of aromatic nitrogens is 3. The van der Waals surface area contributed by atoms with Crippen LogP contribution in [0.5, 0.6) is 5.75 Å². The van der Waals surface area contributed by atoms with Gasteiger partial charge in [0.2, 0.25) is 5.95 Å². The Balaban J connectivity index is 1.32. The van der Waals surface area contributed by atoms with Crippen molar-refractivity contribution >= 4 is 40.7 Å². The largest absolute Gasteiger partial charge is 0.480 e. The Morgan fingerprint density at radius 3 is 2.51 bits per heavy atom. The highest BCUT2D eigenvalue weighted by atomic mass is 16.5. The van der Waals surface area contributed by atoms with Crippen molar-refractivity contribution in [2.24, 2.45) is 0 Å². The summed E-state index contributed by atoms with van der Waals surface area (Å²) >= 11 is 0. The molecule has 35 heavy (non-hydrogen) atoms. The lowest BCUT2D eigenvalue weighted by molar-refractivity contribution is -0.121. The summed E-state index contributed by atoms with van der Waals surface area (Å²) in [5.41, 5.74) is 4.28. The number of anilines is 6. The van der Waals surface area contributed by atoms with E-state index in [9.17, 15) is 4.79 Å². The molecule has 2 aromatic heterocycles. The number of carbonyl (C=O) groups is 1. The van der Waals surface area contributed by atoms with Crippen LogP contribution in [0.4, 0.5) is 34.8 Å². The van der Waals surface area contributed by atoms with Crippen molar-refractivity contribution in [3.63, 3.8) is 0 Å². The second-order valence-corrected chi connectivity index (χ2v) is 9.03. The number of fused-ring (bicyclic) bond motifs is 1. The van der Waals surface area contributed by atoms with Crippen LogP contribution in [0.15, 0.2) is 36.5 Å². The van der Waals surface area contributed by atoms with E-state index in [0.717, 1.165) is 37.4 Å². The monoisotopic (exact) mass is 474 g/mol. The molecule has 2 aliphatic rings. The van der Waals surface area contributed by atoms with Gasteiger partial charge < -0.3 is 25.2 Å². The highest BCUT2D eigenvalue weighted by Gasteiger charge is 2.24. The molecule has 0 bridgehead atoms.